The molecule has 110 valence electrons. The van der Waals surface area contributed by atoms with Gasteiger partial charge in [-0.25, -0.2) is 0 Å². The minimum atomic E-state index is -0.113. The molecule has 2 aromatic rings. The number of nitrogens with one attached hydrogen (secondary N) is 1. The molecule has 0 saturated heterocycles. The highest BCUT2D eigenvalue weighted by molar-refractivity contribution is 9.10. The molecule has 0 aliphatic heterocycles. The number of halogens is 1. The van der Waals surface area contributed by atoms with E-state index in [1.165, 1.54) is 0 Å². The topological polar surface area (TPSA) is 38.3 Å². The molecule has 21 heavy (non-hydrogen) atoms. The Bertz CT molecular complexity index is 640. The smallest absolute Gasteiger partial charge is 0.255 e. The first-order chi connectivity index (χ1) is 10.1. The molecule has 0 bridgehead atoms. The molecule has 0 unspecified atom stereocenters. The molecule has 4 heteroatoms. The number of rotatable bonds is 5. The van der Waals surface area contributed by atoms with Crippen molar-refractivity contribution < 1.29 is 9.53 Å². The second-order valence-corrected chi connectivity index (χ2v) is 5.52. The van der Waals surface area contributed by atoms with Gasteiger partial charge in [0.2, 0.25) is 0 Å². The van der Waals surface area contributed by atoms with Crippen LogP contribution in [0.25, 0.3) is 0 Å². The highest BCUT2D eigenvalue weighted by Crippen LogP contribution is 2.22. The van der Waals surface area contributed by atoms with Crippen molar-refractivity contribution in [3.8, 4) is 0 Å². The van der Waals surface area contributed by atoms with Crippen LogP contribution in [-0.4, -0.2) is 12.5 Å². The summed E-state index contributed by atoms with van der Waals surface area (Å²) < 4.78 is 6.36. The van der Waals surface area contributed by atoms with E-state index in [9.17, 15) is 4.79 Å². The van der Waals surface area contributed by atoms with E-state index in [0.29, 0.717) is 18.8 Å². The van der Waals surface area contributed by atoms with Crippen LogP contribution in [0.4, 0.5) is 5.69 Å². The Hall–Kier alpha value is -1.65. The molecule has 0 spiro atoms. The summed E-state index contributed by atoms with van der Waals surface area (Å²) in [4.78, 5) is 12.4. The van der Waals surface area contributed by atoms with Crippen LogP contribution in [0.1, 0.15) is 28.4 Å². The fourth-order valence-corrected chi connectivity index (χ4v) is 2.39. The number of ether oxygens (including phenoxy) is 1. The van der Waals surface area contributed by atoms with Crippen LogP contribution in [0.15, 0.2) is 46.9 Å². The van der Waals surface area contributed by atoms with E-state index >= 15 is 0 Å². The summed E-state index contributed by atoms with van der Waals surface area (Å²) >= 11 is 3.45. The highest BCUT2D eigenvalue weighted by atomic mass is 79.9. The number of para-hydroxylation sites is 1. The van der Waals surface area contributed by atoms with Gasteiger partial charge in [-0.2, -0.15) is 0 Å². The molecule has 0 saturated carbocycles. The molecule has 0 aliphatic rings. The van der Waals surface area contributed by atoms with Crippen molar-refractivity contribution in [2.75, 3.05) is 11.9 Å². The van der Waals surface area contributed by atoms with Crippen molar-refractivity contribution in [2.24, 2.45) is 0 Å². The molecule has 0 radical (unpaired) electrons. The largest absolute Gasteiger partial charge is 0.377 e. The quantitative estimate of drug-likeness (QED) is 0.861. The van der Waals surface area contributed by atoms with Crippen molar-refractivity contribution in [1.29, 1.82) is 0 Å². The van der Waals surface area contributed by atoms with E-state index in [-0.39, 0.29) is 5.91 Å². The van der Waals surface area contributed by atoms with Crippen molar-refractivity contribution >= 4 is 27.5 Å². The van der Waals surface area contributed by atoms with Crippen molar-refractivity contribution in [3.63, 3.8) is 0 Å². The average molecular weight is 348 g/mol. The fourth-order valence-electron chi connectivity index (χ4n) is 2.02. The van der Waals surface area contributed by atoms with Gasteiger partial charge >= 0.3 is 0 Å². The summed E-state index contributed by atoms with van der Waals surface area (Å²) in [5, 5.41) is 2.96. The number of carbonyl (C=O) groups excluding carboxylic acids is 1. The van der Waals surface area contributed by atoms with Crippen LogP contribution in [0.3, 0.4) is 0 Å². The van der Waals surface area contributed by atoms with Crippen LogP contribution >= 0.6 is 15.9 Å². The summed E-state index contributed by atoms with van der Waals surface area (Å²) in [7, 11) is 0. The van der Waals surface area contributed by atoms with E-state index in [1.807, 2.05) is 56.3 Å². The molecule has 0 aromatic heterocycles. The van der Waals surface area contributed by atoms with Crippen LogP contribution in [0, 0.1) is 6.92 Å². The zero-order chi connectivity index (χ0) is 15.2. The Kier molecular flexibility index (Phi) is 5.53. The number of amides is 1. The van der Waals surface area contributed by atoms with Crippen molar-refractivity contribution in [1.82, 2.24) is 0 Å². The minimum absolute atomic E-state index is 0.113. The normalized spacial score (nSPS) is 10.4. The lowest BCUT2D eigenvalue weighted by atomic mass is 10.1. The van der Waals surface area contributed by atoms with Crippen LogP contribution in [0.5, 0.6) is 0 Å². The van der Waals surface area contributed by atoms with Gasteiger partial charge in [0.25, 0.3) is 5.91 Å². The predicted molar refractivity (Wildman–Crippen MR) is 88.6 cm³/mol. The summed E-state index contributed by atoms with van der Waals surface area (Å²) in [6.45, 7) is 5.01. The van der Waals surface area contributed by atoms with Crippen LogP contribution < -0.4 is 5.32 Å². The lowest BCUT2D eigenvalue weighted by Crippen LogP contribution is -2.15. The summed E-state index contributed by atoms with van der Waals surface area (Å²) in [5.41, 5.74) is 3.35. The molecular weight excluding hydrogens is 330 g/mol. The van der Waals surface area contributed by atoms with Gasteiger partial charge < -0.3 is 10.1 Å². The van der Waals surface area contributed by atoms with Gasteiger partial charge in [-0.15, -0.1) is 0 Å². The van der Waals surface area contributed by atoms with E-state index in [0.717, 1.165) is 21.3 Å². The third-order valence-corrected chi connectivity index (χ3v) is 4.10. The predicted octanol–water partition coefficient (Wildman–Crippen LogP) is 4.55. The average Bonchev–Trinajstić information content (AvgIpc) is 2.49. The summed E-state index contributed by atoms with van der Waals surface area (Å²) in [6, 6.07) is 13.3. The van der Waals surface area contributed by atoms with Crippen LogP contribution in [-0.2, 0) is 11.3 Å². The van der Waals surface area contributed by atoms with Gasteiger partial charge in [-0.3, -0.25) is 4.79 Å². The van der Waals surface area contributed by atoms with E-state index in [4.69, 9.17) is 4.74 Å². The SMILES string of the molecule is CCOCc1ccccc1NC(=O)c1cccc(Br)c1C. The van der Waals surface area contributed by atoms with Gasteiger partial charge in [0, 0.05) is 27.9 Å². The molecule has 0 heterocycles. The van der Waals surface area contributed by atoms with E-state index in [1.54, 1.807) is 0 Å². The standard InChI is InChI=1S/C17H18BrNO2/c1-3-21-11-13-7-4-5-10-16(13)19-17(20)14-8-6-9-15(18)12(14)2/h4-10H,3,11H2,1-2H3,(H,19,20). The van der Waals surface area contributed by atoms with Gasteiger partial charge in [0.1, 0.15) is 0 Å². The Morgan fingerprint density at radius 1 is 1.19 bits per heavy atom. The molecule has 0 aliphatic carbocycles. The number of benzene rings is 2. The Balaban J connectivity index is 2.22. The van der Waals surface area contributed by atoms with Crippen LogP contribution in [0.2, 0.25) is 0 Å². The molecule has 0 atom stereocenters. The minimum Gasteiger partial charge on any atom is -0.377 e. The maximum Gasteiger partial charge on any atom is 0.255 e. The first-order valence-electron chi connectivity index (χ1n) is 6.85. The second-order valence-electron chi connectivity index (χ2n) is 4.66. The lowest BCUT2D eigenvalue weighted by molar-refractivity contribution is 0.102. The number of hydrogen-bond donors (Lipinski definition) is 1. The van der Waals surface area contributed by atoms with Gasteiger partial charge in [0.05, 0.1) is 6.61 Å². The van der Waals surface area contributed by atoms with Gasteiger partial charge in [0.15, 0.2) is 0 Å². The summed E-state index contributed by atoms with van der Waals surface area (Å²) in [5.74, 6) is -0.113. The molecule has 0 fully saturated rings. The third-order valence-electron chi connectivity index (χ3n) is 3.24. The van der Waals surface area contributed by atoms with E-state index < -0.39 is 0 Å². The molecular formula is C17H18BrNO2. The Morgan fingerprint density at radius 3 is 2.71 bits per heavy atom. The highest BCUT2D eigenvalue weighted by Gasteiger charge is 2.12. The number of hydrogen-bond acceptors (Lipinski definition) is 2. The fraction of sp³-hybridized carbons (Fsp3) is 0.235. The second kappa shape index (κ2) is 7.38. The summed E-state index contributed by atoms with van der Waals surface area (Å²) in [6.07, 6.45) is 0. The zero-order valence-corrected chi connectivity index (χ0v) is 13.7. The van der Waals surface area contributed by atoms with Crippen molar-refractivity contribution in [3.05, 3.63) is 63.6 Å². The third kappa shape index (κ3) is 3.93. The van der Waals surface area contributed by atoms with Crippen molar-refractivity contribution in [2.45, 2.75) is 20.5 Å². The molecule has 1 amide bonds. The van der Waals surface area contributed by atoms with Gasteiger partial charge in [-0.1, -0.05) is 40.2 Å². The zero-order valence-electron chi connectivity index (χ0n) is 12.2. The number of carbonyl (C=O) groups is 1. The first kappa shape index (κ1) is 15.7. The molecule has 2 rings (SSSR count). The first-order valence-corrected chi connectivity index (χ1v) is 7.65. The lowest BCUT2D eigenvalue weighted by Gasteiger charge is -2.12. The molecule has 1 N–H and O–H groups in total. The van der Waals surface area contributed by atoms with Gasteiger partial charge in [-0.05, 0) is 37.6 Å². The maximum absolute atomic E-state index is 12.4. The number of anilines is 1. The molecule has 3 nitrogen and oxygen atoms in total. The molecule has 2 aromatic carbocycles. The van der Waals surface area contributed by atoms with E-state index in [2.05, 4.69) is 21.2 Å². The Labute approximate surface area is 133 Å². The monoisotopic (exact) mass is 347 g/mol. The maximum atomic E-state index is 12.4. The Morgan fingerprint density at radius 2 is 1.95 bits per heavy atom.